The van der Waals surface area contributed by atoms with E-state index in [1.54, 1.807) is 6.20 Å². The van der Waals surface area contributed by atoms with Gasteiger partial charge in [-0.25, -0.2) is 13.4 Å². The number of aromatic nitrogens is 4. The van der Waals surface area contributed by atoms with Crippen LogP contribution in [0.4, 0.5) is 5.69 Å². The fourth-order valence-electron chi connectivity index (χ4n) is 4.60. The second kappa shape index (κ2) is 7.75. The molecule has 0 saturated carbocycles. The average Bonchev–Trinajstić information content (AvgIpc) is 3.38. The lowest BCUT2D eigenvalue weighted by Crippen LogP contribution is -2.29. The first-order valence-corrected chi connectivity index (χ1v) is 12.5. The van der Waals surface area contributed by atoms with Gasteiger partial charge < -0.3 is 19.9 Å². The van der Waals surface area contributed by atoms with Gasteiger partial charge in [0.25, 0.3) is 5.56 Å². The van der Waals surface area contributed by atoms with E-state index in [2.05, 4.69) is 42.7 Å². The molecule has 1 aliphatic rings. The van der Waals surface area contributed by atoms with Gasteiger partial charge in [-0.05, 0) is 50.5 Å². The molecule has 1 aliphatic heterocycles. The van der Waals surface area contributed by atoms with Crippen molar-refractivity contribution in [2.75, 3.05) is 31.1 Å². The van der Waals surface area contributed by atoms with Crippen LogP contribution in [0, 0.1) is 11.3 Å². The van der Waals surface area contributed by atoms with Crippen LogP contribution in [0.1, 0.15) is 29.9 Å². The molecular weight excluding hydrogens is 442 g/mol. The number of benzene rings is 1. The highest BCUT2D eigenvalue weighted by atomic mass is 32.2. The van der Waals surface area contributed by atoms with Gasteiger partial charge in [0.1, 0.15) is 23.0 Å². The second-order valence-electron chi connectivity index (χ2n) is 8.56. The largest absolute Gasteiger partial charge is 0.359 e. The summed E-state index contributed by atoms with van der Waals surface area (Å²) in [6, 6.07) is 5.90. The maximum absolute atomic E-state index is 12.7. The number of rotatable bonds is 4. The Morgan fingerprint density at radius 1 is 1.21 bits per heavy atom. The minimum Gasteiger partial charge on any atom is -0.359 e. The molecule has 0 bridgehead atoms. The number of pyridine rings is 1. The summed E-state index contributed by atoms with van der Waals surface area (Å²) in [5.74, 6) is 0.490. The number of hydrogen-bond acceptors (Lipinski definition) is 6. The summed E-state index contributed by atoms with van der Waals surface area (Å²) in [4.78, 5) is 28.5. The summed E-state index contributed by atoms with van der Waals surface area (Å²) >= 11 is 0. The number of nitrogens with one attached hydrogen (secondary N) is 4. The monoisotopic (exact) mass is 465 g/mol. The highest BCUT2D eigenvalue weighted by Crippen LogP contribution is 2.38. The van der Waals surface area contributed by atoms with E-state index in [0.717, 1.165) is 37.8 Å². The van der Waals surface area contributed by atoms with Crippen molar-refractivity contribution in [3.8, 4) is 17.5 Å². The zero-order valence-electron chi connectivity index (χ0n) is 18.2. The van der Waals surface area contributed by atoms with E-state index < -0.39 is 10.0 Å². The molecule has 0 unspecified atom stereocenters. The zero-order valence-corrected chi connectivity index (χ0v) is 19.0. The molecule has 33 heavy (non-hydrogen) atoms. The van der Waals surface area contributed by atoms with Crippen molar-refractivity contribution in [1.82, 2.24) is 24.8 Å². The molecule has 1 fully saturated rings. The summed E-state index contributed by atoms with van der Waals surface area (Å²) in [6.45, 7) is 1.86. The van der Waals surface area contributed by atoms with Crippen molar-refractivity contribution in [2.45, 2.75) is 18.8 Å². The molecule has 1 saturated heterocycles. The van der Waals surface area contributed by atoms with Crippen molar-refractivity contribution in [3.05, 3.63) is 46.0 Å². The second-order valence-corrected chi connectivity index (χ2v) is 10.3. The van der Waals surface area contributed by atoms with Crippen LogP contribution in [0.25, 0.3) is 33.3 Å². The lowest BCUT2D eigenvalue weighted by Gasteiger charge is -2.30. The molecule has 1 aromatic carbocycles. The molecule has 0 radical (unpaired) electrons. The normalized spacial score (nSPS) is 15.8. The number of hydrogen-bond donors (Lipinski definition) is 4. The number of nitriles is 1. The Labute approximate surface area is 189 Å². The molecule has 0 atom stereocenters. The molecule has 11 heteroatoms. The number of imidazole rings is 1. The Balaban J connectivity index is 1.72. The zero-order chi connectivity index (χ0) is 23.3. The first kappa shape index (κ1) is 21.2. The van der Waals surface area contributed by atoms with Gasteiger partial charge in [-0.1, -0.05) is 6.07 Å². The van der Waals surface area contributed by atoms with Gasteiger partial charge in [0.15, 0.2) is 0 Å². The summed E-state index contributed by atoms with van der Waals surface area (Å²) in [7, 11) is -1.49. The maximum Gasteiger partial charge on any atom is 0.261 e. The Morgan fingerprint density at radius 2 is 1.97 bits per heavy atom. The van der Waals surface area contributed by atoms with Gasteiger partial charge in [0.05, 0.1) is 28.5 Å². The number of piperidine rings is 1. The molecule has 4 aromatic rings. The highest BCUT2D eigenvalue weighted by Gasteiger charge is 2.25. The smallest absolute Gasteiger partial charge is 0.261 e. The van der Waals surface area contributed by atoms with E-state index in [4.69, 9.17) is 0 Å². The summed E-state index contributed by atoms with van der Waals surface area (Å²) < 4.78 is 27.1. The molecule has 4 N–H and O–H groups in total. The van der Waals surface area contributed by atoms with Crippen LogP contribution in [0.3, 0.4) is 0 Å². The molecule has 10 nitrogen and oxygen atoms in total. The number of nitrogens with zero attached hydrogens (tertiary/aromatic N) is 3. The lowest BCUT2D eigenvalue weighted by atomic mass is 9.88. The summed E-state index contributed by atoms with van der Waals surface area (Å²) in [6.07, 6.45) is 5.98. The van der Waals surface area contributed by atoms with Crippen molar-refractivity contribution in [2.24, 2.45) is 0 Å². The number of sulfonamides is 1. The van der Waals surface area contributed by atoms with Crippen LogP contribution in [0.2, 0.25) is 0 Å². The molecule has 170 valence electrons. The van der Waals surface area contributed by atoms with Crippen molar-refractivity contribution < 1.29 is 8.42 Å². The van der Waals surface area contributed by atoms with Crippen LogP contribution in [-0.4, -0.2) is 59.6 Å². The molecular formula is C22H23N7O3S. The van der Waals surface area contributed by atoms with Crippen LogP contribution in [0.5, 0.6) is 0 Å². The third kappa shape index (κ3) is 3.77. The van der Waals surface area contributed by atoms with Gasteiger partial charge in [-0.2, -0.15) is 5.26 Å². The Bertz CT molecular complexity index is 1580. The third-order valence-corrected chi connectivity index (χ3v) is 6.81. The topological polar surface area (TPSA) is 151 Å². The quantitative estimate of drug-likeness (QED) is 0.363. The van der Waals surface area contributed by atoms with Crippen LogP contribution in [-0.2, 0) is 10.0 Å². The fourth-order valence-corrected chi connectivity index (χ4v) is 5.18. The maximum atomic E-state index is 12.7. The minimum atomic E-state index is -3.56. The number of aromatic amines is 3. The number of H-pyrrole nitrogens is 3. The first-order valence-electron chi connectivity index (χ1n) is 10.6. The summed E-state index contributed by atoms with van der Waals surface area (Å²) in [5.41, 5.74) is 3.19. The Kier molecular flexibility index (Phi) is 4.99. The van der Waals surface area contributed by atoms with Crippen molar-refractivity contribution >= 4 is 37.6 Å². The SMILES string of the molecule is CN1CCC(c2ccc3[nH]c(-c4c(=O)[nH]cc5c(C#N)c[nH]c45)nc3c2NS(C)(=O)=O)CC1. The Hall–Kier alpha value is -3.62. The van der Waals surface area contributed by atoms with Crippen LogP contribution < -0.4 is 10.3 Å². The van der Waals surface area contributed by atoms with Gasteiger partial charge in [-0.15, -0.1) is 0 Å². The van der Waals surface area contributed by atoms with E-state index in [1.165, 1.54) is 6.20 Å². The van der Waals surface area contributed by atoms with Crippen LogP contribution in [0.15, 0.2) is 29.3 Å². The van der Waals surface area contributed by atoms with E-state index in [-0.39, 0.29) is 17.0 Å². The molecule has 3 aromatic heterocycles. The molecule has 0 amide bonds. The molecule has 5 rings (SSSR count). The van der Waals surface area contributed by atoms with Gasteiger partial charge in [0.2, 0.25) is 10.0 Å². The fraction of sp³-hybridized carbons (Fsp3) is 0.318. The predicted molar refractivity (Wildman–Crippen MR) is 127 cm³/mol. The van der Waals surface area contributed by atoms with Gasteiger partial charge in [-0.3, -0.25) is 9.52 Å². The number of likely N-dealkylation sites (tertiary alicyclic amines) is 1. The van der Waals surface area contributed by atoms with Crippen molar-refractivity contribution in [3.63, 3.8) is 0 Å². The summed E-state index contributed by atoms with van der Waals surface area (Å²) in [5, 5.41) is 9.91. The predicted octanol–water partition coefficient (Wildman–Crippen LogP) is 2.45. The van der Waals surface area contributed by atoms with E-state index >= 15 is 0 Å². The third-order valence-electron chi connectivity index (χ3n) is 6.23. The number of fused-ring (bicyclic) bond motifs is 2. The first-order chi connectivity index (χ1) is 15.7. The van der Waals surface area contributed by atoms with Crippen LogP contribution >= 0.6 is 0 Å². The standard InChI is InChI=1S/C22H23N7O3S/c1-29-7-5-12(6-8-29)14-3-4-16-20(19(14)28-33(2,31)32)27-21(26-16)17-18-15(11-25-22(17)30)13(9-23)10-24-18/h3-4,10-12,24,28H,5-8H2,1-2H3,(H,25,30)(H,26,27). The Morgan fingerprint density at radius 3 is 2.67 bits per heavy atom. The minimum absolute atomic E-state index is 0.198. The van der Waals surface area contributed by atoms with E-state index in [9.17, 15) is 18.5 Å². The van der Waals surface area contributed by atoms with E-state index in [0.29, 0.717) is 39.0 Å². The van der Waals surface area contributed by atoms with Gasteiger partial charge in [0, 0.05) is 17.8 Å². The van der Waals surface area contributed by atoms with Gasteiger partial charge >= 0.3 is 0 Å². The average molecular weight is 466 g/mol. The molecule has 0 spiro atoms. The van der Waals surface area contributed by atoms with E-state index in [1.807, 2.05) is 12.1 Å². The lowest BCUT2D eigenvalue weighted by molar-refractivity contribution is 0.255. The number of anilines is 1. The highest BCUT2D eigenvalue weighted by molar-refractivity contribution is 7.92. The molecule has 4 heterocycles. The molecule has 0 aliphatic carbocycles. The van der Waals surface area contributed by atoms with Crippen molar-refractivity contribution in [1.29, 1.82) is 5.26 Å².